The maximum atomic E-state index is 12.0. The highest BCUT2D eigenvalue weighted by molar-refractivity contribution is 7.99. The van der Waals surface area contributed by atoms with Crippen LogP contribution in [0.4, 0.5) is 0 Å². The van der Waals surface area contributed by atoms with Gasteiger partial charge in [-0.15, -0.1) is 10.2 Å². The Kier molecular flexibility index (Phi) is 7.94. The third-order valence-corrected chi connectivity index (χ3v) is 5.03. The molecule has 0 atom stereocenters. The minimum atomic E-state index is 0.0315. The van der Waals surface area contributed by atoms with Crippen molar-refractivity contribution in [1.29, 1.82) is 0 Å². The molecule has 136 valence electrons. The number of rotatable bonds is 10. The van der Waals surface area contributed by atoms with Crippen LogP contribution in [-0.2, 0) is 11.3 Å². The summed E-state index contributed by atoms with van der Waals surface area (Å²) in [6.07, 6.45) is 0. The van der Waals surface area contributed by atoms with Crippen LogP contribution in [0.25, 0.3) is 0 Å². The first-order valence-corrected chi connectivity index (χ1v) is 9.68. The van der Waals surface area contributed by atoms with E-state index in [1.165, 1.54) is 17.3 Å². The molecule has 2 aromatic rings. The fourth-order valence-corrected chi connectivity index (χ4v) is 3.30. The van der Waals surface area contributed by atoms with Crippen LogP contribution in [0, 0.1) is 6.92 Å². The summed E-state index contributed by atoms with van der Waals surface area (Å²) in [5.41, 5.74) is 1.19. The van der Waals surface area contributed by atoms with E-state index in [0.29, 0.717) is 18.8 Å². The number of likely N-dealkylation sites (N-methyl/N-ethyl adjacent to an activating group) is 1. The van der Waals surface area contributed by atoms with Crippen LogP contribution < -0.4 is 5.32 Å². The number of nitrogens with one attached hydrogen (secondary N) is 1. The van der Waals surface area contributed by atoms with E-state index in [0.717, 1.165) is 30.6 Å². The summed E-state index contributed by atoms with van der Waals surface area (Å²) in [6, 6.07) is 10.2. The first kappa shape index (κ1) is 19.5. The SMILES string of the molecule is CCN(CC)CCNC(=O)CSc1nnc(C)n1Cc1ccccc1. The van der Waals surface area contributed by atoms with Gasteiger partial charge in [-0.25, -0.2) is 0 Å². The normalized spacial score (nSPS) is 11.0. The molecule has 0 bridgehead atoms. The highest BCUT2D eigenvalue weighted by Crippen LogP contribution is 2.18. The van der Waals surface area contributed by atoms with Gasteiger partial charge in [0.1, 0.15) is 5.82 Å². The van der Waals surface area contributed by atoms with Crippen molar-refractivity contribution in [2.75, 3.05) is 31.9 Å². The molecule has 6 nitrogen and oxygen atoms in total. The van der Waals surface area contributed by atoms with Crippen molar-refractivity contribution < 1.29 is 4.79 Å². The lowest BCUT2D eigenvalue weighted by molar-refractivity contribution is -0.118. The average Bonchev–Trinajstić information content (AvgIpc) is 2.98. The monoisotopic (exact) mass is 361 g/mol. The molecule has 0 aliphatic carbocycles. The predicted molar refractivity (Wildman–Crippen MR) is 102 cm³/mol. The summed E-state index contributed by atoms with van der Waals surface area (Å²) in [5, 5.41) is 12.1. The van der Waals surface area contributed by atoms with Crippen molar-refractivity contribution >= 4 is 17.7 Å². The van der Waals surface area contributed by atoms with E-state index in [4.69, 9.17) is 0 Å². The van der Waals surface area contributed by atoms with Crippen molar-refractivity contribution in [3.8, 4) is 0 Å². The van der Waals surface area contributed by atoms with E-state index >= 15 is 0 Å². The average molecular weight is 362 g/mol. The maximum absolute atomic E-state index is 12.0. The molecule has 0 saturated carbocycles. The van der Waals surface area contributed by atoms with Gasteiger partial charge in [0.25, 0.3) is 0 Å². The summed E-state index contributed by atoms with van der Waals surface area (Å²) in [6.45, 7) is 10.5. The molecule has 0 aliphatic rings. The number of amides is 1. The van der Waals surface area contributed by atoms with Crippen molar-refractivity contribution in [2.45, 2.75) is 32.5 Å². The minimum absolute atomic E-state index is 0.0315. The molecular formula is C18H27N5OS. The second-order valence-electron chi connectivity index (χ2n) is 5.77. The van der Waals surface area contributed by atoms with Gasteiger partial charge in [0, 0.05) is 13.1 Å². The molecule has 7 heteroatoms. The smallest absolute Gasteiger partial charge is 0.230 e. The van der Waals surface area contributed by atoms with Gasteiger partial charge < -0.3 is 14.8 Å². The molecule has 0 unspecified atom stereocenters. The van der Waals surface area contributed by atoms with Gasteiger partial charge in [-0.1, -0.05) is 55.9 Å². The van der Waals surface area contributed by atoms with Crippen molar-refractivity contribution in [3.63, 3.8) is 0 Å². The molecule has 25 heavy (non-hydrogen) atoms. The number of aromatic nitrogens is 3. The predicted octanol–water partition coefficient (Wildman–Crippen LogP) is 2.18. The highest BCUT2D eigenvalue weighted by Gasteiger charge is 2.12. The Morgan fingerprint density at radius 1 is 1.20 bits per heavy atom. The van der Waals surface area contributed by atoms with Crippen LogP contribution in [0.1, 0.15) is 25.2 Å². The maximum Gasteiger partial charge on any atom is 0.230 e. The van der Waals surface area contributed by atoms with Crippen molar-refractivity contribution in [1.82, 2.24) is 25.0 Å². The first-order chi connectivity index (χ1) is 12.1. The Labute approximate surface area is 154 Å². The van der Waals surface area contributed by atoms with E-state index < -0.39 is 0 Å². The van der Waals surface area contributed by atoms with E-state index in [9.17, 15) is 4.79 Å². The van der Waals surface area contributed by atoms with Gasteiger partial charge in [0.2, 0.25) is 5.91 Å². The molecule has 0 radical (unpaired) electrons. The van der Waals surface area contributed by atoms with Gasteiger partial charge in [0.15, 0.2) is 5.16 Å². The Morgan fingerprint density at radius 3 is 2.60 bits per heavy atom. The Bertz CT molecular complexity index is 655. The molecular weight excluding hydrogens is 334 g/mol. The van der Waals surface area contributed by atoms with Crippen LogP contribution >= 0.6 is 11.8 Å². The second kappa shape index (κ2) is 10.2. The second-order valence-corrected chi connectivity index (χ2v) is 6.71. The summed E-state index contributed by atoms with van der Waals surface area (Å²) in [5.74, 6) is 1.24. The number of aryl methyl sites for hydroxylation is 1. The summed E-state index contributed by atoms with van der Waals surface area (Å²) >= 11 is 1.43. The molecule has 0 fully saturated rings. The molecule has 1 aromatic carbocycles. The van der Waals surface area contributed by atoms with Gasteiger partial charge in [-0.3, -0.25) is 4.79 Å². The fraction of sp³-hybridized carbons (Fsp3) is 0.500. The topological polar surface area (TPSA) is 63.1 Å². The zero-order valence-electron chi connectivity index (χ0n) is 15.2. The zero-order chi connectivity index (χ0) is 18.1. The lowest BCUT2D eigenvalue weighted by Gasteiger charge is -2.17. The molecule has 1 N–H and O–H groups in total. The molecule has 0 aliphatic heterocycles. The Hall–Kier alpha value is -1.86. The zero-order valence-corrected chi connectivity index (χ0v) is 16.1. The largest absolute Gasteiger partial charge is 0.354 e. The molecule has 0 spiro atoms. The van der Waals surface area contributed by atoms with Crippen LogP contribution in [-0.4, -0.2) is 57.5 Å². The number of benzene rings is 1. The summed E-state index contributed by atoms with van der Waals surface area (Å²) < 4.78 is 2.04. The fourth-order valence-electron chi connectivity index (χ4n) is 2.49. The number of carbonyl (C=O) groups is 1. The van der Waals surface area contributed by atoms with Gasteiger partial charge in [0.05, 0.1) is 12.3 Å². The highest BCUT2D eigenvalue weighted by atomic mass is 32.2. The molecule has 1 aromatic heterocycles. The van der Waals surface area contributed by atoms with E-state index in [2.05, 4.69) is 46.4 Å². The van der Waals surface area contributed by atoms with Gasteiger partial charge in [-0.2, -0.15) is 0 Å². The van der Waals surface area contributed by atoms with Crippen LogP contribution in [0.5, 0.6) is 0 Å². The van der Waals surface area contributed by atoms with E-state index in [1.807, 2.05) is 29.7 Å². The van der Waals surface area contributed by atoms with Gasteiger partial charge in [-0.05, 0) is 25.6 Å². The third kappa shape index (κ3) is 6.17. The number of hydrogen-bond donors (Lipinski definition) is 1. The summed E-state index contributed by atoms with van der Waals surface area (Å²) in [7, 11) is 0. The molecule has 1 amide bonds. The number of nitrogens with zero attached hydrogens (tertiary/aromatic N) is 4. The molecule has 0 saturated heterocycles. The quantitative estimate of drug-likeness (QED) is 0.657. The van der Waals surface area contributed by atoms with Crippen molar-refractivity contribution in [3.05, 3.63) is 41.7 Å². The number of thioether (sulfide) groups is 1. The Balaban J connectivity index is 1.83. The minimum Gasteiger partial charge on any atom is -0.354 e. The standard InChI is InChI=1S/C18H27N5OS/c1-4-22(5-2)12-11-19-17(24)14-25-18-21-20-15(3)23(18)13-16-9-7-6-8-10-16/h6-10H,4-5,11-14H2,1-3H3,(H,19,24). The Morgan fingerprint density at radius 2 is 1.92 bits per heavy atom. The molecule has 1 heterocycles. The lowest BCUT2D eigenvalue weighted by Crippen LogP contribution is -2.35. The lowest BCUT2D eigenvalue weighted by atomic mass is 10.2. The van der Waals surface area contributed by atoms with E-state index in [-0.39, 0.29) is 5.91 Å². The summed E-state index contributed by atoms with van der Waals surface area (Å²) in [4.78, 5) is 14.3. The molecule has 2 rings (SSSR count). The van der Waals surface area contributed by atoms with E-state index in [1.54, 1.807) is 0 Å². The number of hydrogen-bond acceptors (Lipinski definition) is 5. The first-order valence-electron chi connectivity index (χ1n) is 8.69. The van der Waals surface area contributed by atoms with Crippen LogP contribution in [0.3, 0.4) is 0 Å². The third-order valence-electron chi connectivity index (χ3n) is 4.06. The number of carbonyl (C=O) groups excluding carboxylic acids is 1. The van der Waals surface area contributed by atoms with Crippen molar-refractivity contribution in [2.24, 2.45) is 0 Å². The van der Waals surface area contributed by atoms with Crippen LogP contribution in [0.15, 0.2) is 35.5 Å². The van der Waals surface area contributed by atoms with Gasteiger partial charge >= 0.3 is 0 Å². The van der Waals surface area contributed by atoms with Crippen LogP contribution in [0.2, 0.25) is 0 Å².